The third kappa shape index (κ3) is 4.68. The number of nitrogens with zero attached hydrogens (tertiary/aromatic N) is 2. The molecule has 138 valence electrons. The van der Waals surface area contributed by atoms with E-state index in [2.05, 4.69) is 11.5 Å². The van der Waals surface area contributed by atoms with Gasteiger partial charge in [0.2, 0.25) is 0 Å². The lowest BCUT2D eigenvalue weighted by atomic mass is 10.3. The standard InChI is InChI=1S/C20H23ClN2O3/c1-2-10-22-11-5-12-23(14-13-22)20(24)19-9-8-16(26-19)15-25-18-7-4-3-6-17(18)21/h2-4,6-9H,1,5,10-15H2. The van der Waals surface area contributed by atoms with Crippen molar-refractivity contribution in [2.24, 2.45) is 0 Å². The van der Waals surface area contributed by atoms with Gasteiger partial charge in [0, 0.05) is 32.7 Å². The minimum Gasteiger partial charge on any atom is -0.484 e. The molecule has 1 aliphatic rings. The van der Waals surface area contributed by atoms with Crippen LogP contribution in [-0.2, 0) is 6.61 Å². The molecule has 3 rings (SSSR count). The number of furan rings is 1. The van der Waals surface area contributed by atoms with Crippen molar-refractivity contribution < 1.29 is 13.9 Å². The highest BCUT2D eigenvalue weighted by atomic mass is 35.5. The molecule has 1 aromatic carbocycles. The number of carbonyl (C=O) groups is 1. The highest BCUT2D eigenvalue weighted by Crippen LogP contribution is 2.24. The summed E-state index contributed by atoms with van der Waals surface area (Å²) in [6.07, 6.45) is 2.85. The smallest absolute Gasteiger partial charge is 0.289 e. The molecule has 0 bridgehead atoms. The molecule has 0 unspecified atom stereocenters. The lowest BCUT2D eigenvalue weighted by Gasteiger charge is -2.20. The van der Waals surface area contributed by atoms with Gasteiger partial charge in [0.05, 0.1) is 5.02 Å². The summed E-state index contributed by atoms with van der Waals surface area (Å²) in [5, 5.41) is 0.545. The van der Waals surface area contributed by atoms with E-state index in [4.69, 9.17) is 20.8 Å². The Morgan fingerprint density at radius 2 is 2.04 bits per heavy atom. The molecule has 0 radical (unpaired) electrons. The maximum Gasteiger partial charge on any atom is 0.289 e. The maximum atomic E-state index is 12.7. The van der Waals surface area contributed by atoms with Crippen molar-refractivity contribution in [1.29, 1.82) is 0 Å². The lowest BCUT2D eigenvalue weighted by Crippen LogP contribution is -2.35. The van der Waals surface area contributed by atoms with Gasteiger partial charge < -0.3 is 14.1 Å². The molecule has 2 aromatic rings. The minimum atomic E-state index is -0.0746. The fraction of sp³-hybridized carbons (Fsp3) is 0.350. The number of amides is 1. The van der Waals surface area contributed by atoms with Crippen molar-refractivity contribution in [3.05, 3.63) is 65.6 Å². The normalized spacial score (nSPS) is 15.5. The molecular weight excluding hydrogens is 352 g/mol. The zero-order valence-electron chi connectivity index (χ0n) is 14.7. The fourth-order valence-corrected chi connectivity index (χ4v) is 3.17. The van der Waals surface area contributed by atoms with E-state index in [-0.39, 0.29) is 12.5 Å². The van der Waals surface area contributed by atoms with Crippen molar-refractivity contribution in [3.8, 4) is 5.75 Å². The summed E-state index contributed by atoms with van der Waals surface area (Å²) in [5.74, 6) is 1.46. The van der Waals surface area contributed by atoms with Crippen LogP contribution in [0.4, 0.5) is 0 Å². The third-order valence-electron chi connectivity index (χ3n) is 4.34. The number of rotatable bonds is 6. The van der Waals surface area contributed by atoms with Gasteiger partial charge in [-0.05, 0) is 30.7 Å². The summed E-state index contributed by atoms with van der Waals surface area (Å²) in [6.45, 7) is 8.11. The van der Waals surface area contributed by atoms with Gasteiger partial charge in [-0.15, -0.1) is 6.58 Å². The Labute approximate surface area is 158 Å². The van der Waals surface area contributed by atoms with Crippen LogP contribution in [0, 0.1) is 0 Å². The first kappa shape index (κ1) is 18.5. The Morgan fingerprint density at radius 3 is 2.85 bits per heavy atom. The quantitative estimate of drug-likeness (QED) is 0.720. The Balaban J connectivity index is 1.57. The lowest BCUT2D eigenvalue weighted by molar-refractivity contribution is 0.0726. The molecule has 1 aliphatic heterocycles. The van der Waals surface area contributed by atoms with E-state index < -0.39 is 0 Å². The largest absolute Gasteiger partial charge is 0.484 e. The van der Waals surface area contributed by atoms with Gasteiger partial charge in [0.25, 0.3) is 5.91 Å². The summed E-state index contributed by atoms with van der Waals surface area (Å²) in [6, 6.07) is 10.7. The van der Waals surface area contributed by atoms with Crippen molar-refractivity contribution in [2.45, 2.75) is 13.0 Å². The molecule has 1 amide bonds. The molecule has 26 heavy (non-hydrogen) atoms. The van der Waals surface area contributed by atoms with Gasteiger partial charge >= 0.3 is 0 Å². The van der Waals surface area contributed by atoms with Crippen molar-refractivity contribution in [3.63, 3.8) is 0 Å². The van der Waals surface area contributed by atoms with Crippen LogP contribution in [0.15, 0.2) is 53.5 Å². The van der Waals surface area contributed by atoms with E-state index in [0.717, 1.165) is 32.6 Å². The predicted octanol–water partition coefficient (Wildman–Crippen LogP) is 3.85. The first-order valence-corrected chi connectivity index (χ1v) is 9.13. The second-order valence-electron chi connectivity index (χ2n) is 6.22. The zero-order chi connectivity index (χ0) is 18.4. The molecule has 0 spiro atoms. The third-order valence-corrected chi connectivity index (χ3v) is 4.65. The van der Waals surface area contributed by atoms with Crippen LogP contribution in [0.3, 0.4) is 0 Å². The molecule has 6 heteroatoms. The SMILES string of the molecule is C=CCN1CCCN(C(=O)c2ccc(COc3ccccc3Cl)o2)CC1. The average molecular weight is 375 g/mol. The van der Waals surface area contributed by atoms with Crippen LogP contribution in [0.2, 0.25) is 5.02 Å². The Kier molecular flexibility index (Phi) is 6.36. The van der Waals surface area contributed by atoms with E-state index in [0.29, 0.717) is 28.8 Å². The Hall–Kier alpha value is -2.24. The number of para-hydroxylation sites is 1. The predicted molar refractivity (Wildman–Crippen MR) is 102 cm³/mol. The fourth-order valence-electron chi connectivity index (χ4n) is 2.98. The van der Waals surface area contributed by atoms with Crippen LogP contribution in [0.25, 0.3) is 0 Å². The number of carbonyl (C=O) groups excluding carboxylic acids is 1. The van der Waals surface area contributed by atoms with E-state index in [1.54, 1.807) is 24.3 Å². The van der Waals surface area contributed by atoms with E-state index in [1.807, 2.05) is 23.1 Å². The van der Waals surface area contributed by atoms with E-state index in [9.17, 15) is 4.79 Å². The average Bonchev–Trinajstić information content (AvgIpc) is 3.00. The summed E-state index contributed by atoms with van der Waals surface area (Å²) < 4.78 is 11.3. The highest BCUT2D eigenvalue weighted by Gasteiger charge is 2.22. The monoisotopic (exact) mass is 374 g/mol. The van der Waals surface area contributed by atoms with Gasteiger partial charge in [-0.25, -0.2) is 0 Å². The Morgan fingerprint density at radius 1 is 1.19 bits per heavy atom. The second kappa shape index (κ2) is 8.92. The maximum absolute atomic E-state index is 12.7. The molecule has 0 atom stereocenters. The number of ether oxygens (including phenoxy) is 1. The summed E-state index contributed by atoms with van der Waals surface area (Å²) in [4.78, 5) is 16.8. The van der Waals surface area contributed by atoms with E-state index >= 15 is 0 Å². The molecule has 1 saturated heterocycles. The summed E-state index contributed by atoms with van der Waals surface area (Å²) in [5.41, 5.74) is 0. The number of hydrogen-bond donors (Lipinski definition) is 0. The molecule has 0 N–H and O–H groups in total. The van der Waals surface area contributed by atoms with Crippen LogP contribution in [0.5, 0.6) is 5.75 Å². The highest BCUT2D eigenvalue weighted by molar-refractivity contribution is 6.32. The van der Waals surface area contributed by atoms with Gasteiger partial charge in [-0.1, -0.05) is 29.8 Å². The second-order valence-corrected chi connectivity index (χ2v) is 6.63. The number of benzene rings is 1. The molecular formula is C20H23ClN2O3. The zero-order valence-corrected chi connectivity index (χ0v) is 15.5. The van der Waals surface area contributed by atoms with Crippen molar-refractivity contribution in [1.82, 2.24) is 9.80 Å². The van der Waals surface area contributed by atoms with Crippen molar-refractivity contribution in [2.75, 3.05) is 32.7 Å². The topological polar surface area (TPSA) is 45.9 Å². The first-order chi connectivity index (χ1) is 12.7. The van der Waals surface area contributed by atoms with Crippen LogP contribution in [0.1, 0.15) is 22.7 Å². The summed E-state index contributed by atoms with van der Waals surface area (Å²) in [7, 11) is 0. The van der Waals surface area contributed by atoms with Crippen LogP contribution in [-0.4, -0.2) is 48.4 Å². The summed E-state index contributed by atoms with van der Waals surface area (Å²) >= 11 is 6.07. The molecule has 0 aliphatic carbocycles. The van der Waals surface area contributed by atoms with E-state index in [1.165, 1.54) is 0 Å². The minimum absolute atomic E-state index is 0.0746. The van der Waals surface area contributed by atoms with Gasteiger partial charge in [-0.2, -0.15) is 0 Å². The Bertz CT molecular complexity index is 759. The number of hydrogen-bond acceptors (Lipinski definition) is 4. The molecule has 2 heterocycles. The van der Waals surface area contributed by atoms with Gasteiger partial charge in [0.1, 0.15) is 18.1 Å². The molecule has 1 fully saturated rings. The van der Waals surface area contributed by atoms with Gasteiger partial charge in [0.15, 0.2) is 5.76 Å². The van der Waals surface area contributed by atoms with Crippen LogP contribution >= 0.6 is 11.6 Å². The number of halogens is 1. The molecule has 5 nitrogen and oxygen atoms in total. The van der Waals surface area contributed by atoms with Crippen molar-refractivity contribution >= 4 is 17.5 Å². The molecule has 1 aromatic heterocycles. The van der Waals surface area contributed by atoms with Gasteiger partial charge in [-0.3, -0.25) is 9.69 Å². The first-order valence-electron chi connectivity index (χ1n) is 8.76. The van der Waals surface area contributed by atoms with Crippen LogP contribution < -0.4 is 4.74 Å². The molecule has 0 saturated carbocycles.